The zero-order chi connectivity index (χ0) is 13.1. The van der Waals surface area contributed by atoms with E-state index in [1.165, 1.54) is 11.8 Å². The average molecular weight is 246 g/mol. The summed E-state index contributed by atoms with van der Waals surface area (Å²) in [4.78, 5) is 10.3. The molecule has 2 N–H and O–H groups in total. The maximum Gasteiger partial charge on any atom is 0.366 e. The van der Waals surface area contributed by atoms with Gasteiger partial charge in [-0.1, -0.05) is 34.9 Å². The number of aryl methyl sites for hydroxylation is 1. The van der Waals surface area contributed by atoms with E-state index in [1.54, 1.807) is 0 Å². The number of hydrogen-bond acceptors (Lipinski definition) is 4. The second kappa shape index (κ2) is 4.87. The molecule has 1 heterocycles. The normalized spacial score (nSPS) is 12.1. The molecular formula is C12H14N4O2. The number of nitro groups is 1. The zero-order valence-corrected chi connectivity index (χ0v) is 10.2. The maximum atomic E-state index is 10.7. The van der Waals surface area contributed by atoms with Crippen LogP contribution in [-0.2, 0) is 0 Å². The molecular weight excluding hydrogens is 232 g/mol. The third-order valence-corrected chi connectivity index (χ3v) is 2.75. The van der Waals surface area contributed by atoms with Crippen LogP contribution < -0.4 is 5.32 Å². The van der Waals surface area contributed by atoms with Crippen LogP contribution in [-0.4, -0.2) is 15.1 Å². The van der Waals surface area contributed by atoms with Crippen molar-refractivity contribution in [1.82, 2.24) is 10.2 Å². The Bertz CT molecular complexity index is 547. The van der Waals surface area contributed by atoms with Crippen LogP contribution in [0, 0.1) is 17.0 Å². The largest absolute Gasteiger partial charge is 0.370 e. The first-order valence-electron chi connectivity index (χ1n) is 5.59. The molecule has 0 bridgehead atoms. The Morgan fingerprint density at radius 2 is 2.06 bits per heavy atom. The topological polar surface area (TPSA) is 83.8 Å². The lowest BCUT2D eigenvalue weighted by Gasteiger charge is -2.14. The number of nitrogens with one attached hydrogen (secondary N) is 2. The summed E-state index contributed by atoms with van der Waals surface area (Å²) in [6.07, 6.45) is 1.42. The summed E-state index contributed by atoms with van der Waals surface area (Å²) >= 11 is 0. The van der Waals surface area contributed by atoms with Crippen molar-refractivity contribution in [2.45, 2.75) is 19.9 Å². The molecule has 0 aliphatic rings. The van der Waals surface area contributed by atoms with Gasteiger partial charge in [-0.05, 0) is 24.3 Å². The van der Waals surface area contributed by atoms with Gasteiger partial charge in [0.2, 0.25) is 0 Å². The van der Waals surface area contributed by atoms with Crippen LogP contribution in [0.25, 0.3) is 0 Å². The fraction of sp³-hybridized carbons (Fsp3) is 0.250. The first-order valence-corrected chi connectivity index (χ1v) is 5.59. The van der Waals surface area contributed by atoms with Crippen molar-refractivity contribution >= 4 is 11.5 Å². The minimum Gasteiger partial charge on any atom is -0.370 e. The van der Waals surface area contributed by atoms with Crippen LogP contribution in [0.3, 0.4) is 0 Å². The van der Waals surface area contributed by atoms with Crippen molar-refractivity contribution in [1.29, 1.82) is 0 Å². The van der Waals surface area contributed by atoms with Gasteiger partial charge in [-0.3, -0.25) is 0 Å². The molecule has 0 fully saturated rings. The van der Waals surface area contributed by atoms with Gasteiger partial charge in [0, 0.05) is 6.04 Å². The van der Waals surface area contributed by atoms with Gasteiger partial charge in [0.25, 0.3) is 0 Å². The number of benzene rings is 1. The van der Waals surface area contributed by atoms with Gasteiger partial charge in [-0.25, -0.2) is 0 Å². The van der Waals surface area contributed by atoms with Gasteiger partial charge in [-0.15, -0.1) is 5.10 Å². The molecule has 0 amide bonds. The van der Waals surface area contributed by atoms with Crippen LogP contribution in [0.5, 0.6) is 0 Å². The fourth-order valence-electron chi connectivity index (χ4n) is 1.70. The first kappa shape index (κ1) is 12.1. The quantitative estimate of drug-likeness (QED) is 0.641. The number of anilines is 1. The van der Waals surface area contributed by atoms with Crippen LogP contribution in [0.2, 0.25) is 0 Å². The molecule has 0 saturated carbocycles. The first-order chi connectivity index (χ1) is 8.58. The third kappa shape index (κ3) is 2.48. The Labute approximate surface area is 104 Å². The molecule has 18 heavy (non-hydrogen) atoms. The lowest BCUT2D eigenvalue weighted by atomic mass is 10.1. The standard InChI is InChI=1S/C12H14N4O2/c1-8-3-5-10(6-4-8)9(2)14-11-7-13-15-12(11)16(17)18/h3-7,9,14H,1-2H3,(H,13,15). The van der Waals surface area contributed by atoms with E-state index in [-0.39, 0.29) is 11.9 Å². The molecule has 1 aromatic heterocycles. The monoisotopic (exact) mass is 246 g/mol. The van der Waals surface area contributed by atoms with Crippen molar-refractivity contribution < 1.29 is 4.92 Å². The predicted octanol–water partition coefficient (Wildman–Crippen LogP) is 2.80. The zero-order valence-electron chi connectivity index (χ0n) is 10.2. The minimum absolute atomic E-state index is 0.0260. The number of hydrogen-bond donors (Lipinski definition) is 2. The van der Waals surface area contributed by atoms with E-state index < -0.39 is 4.92 Å². The van der Waals surface area contributed by atoms with E-state index in [1.807, 2.05) is 38.1 Å². The summed E-state index contributed by atoms with van der Waals surface area (Å²) in [5.74, 6) is -0.117. The van der Waals surface area contributed by atoms with E-state index in [9.17, 15) is 10.1 Å². The van der Waals surface area contributed by atoms with Crippen LogP contribution in [0.1, 0.15) is 24.1 Å². The highest BCUT2D eigenvalue weighted by molar-refractivity contribution is 5.56. The number of aromatic nitrogens is 2. The molecule has 1 atom stereocenters. The highest BCUT2D eigenvalue weighted by Crippen LogP contribution is 2.25. The molecule has 6 nitrogen and oxygen atoms in total. The van der Waals surface area contributed by atoms with Gasteiger partial charge in [0.05, 0.1) is 0 Å². The van der Waals surface area contributed by atoms with Crippen LogP contribution in [0.15, 0.2) is 30.5 Å². The van der Waals surface area contributed by atoms with E-state index in [2.05, 4.69) is 15.5 Å². The van der Waals surface area contributed by atoms with E-state index >= 15 is 0 Å². The number of H-pyrrole nitrogens is 1. The van der Waals surface area contributed by atoms with E-state index in [4.69, 9.17) is 0 Å². The fourth-order valence-corrected chi connectivity index (χ4v) is 1.70. The predicted molar refractivity (Wildman–Crippen MR) is 68.5 cm³/mol. The molecule has 1 unspecified atom stereocenters. The van der Waals surface area contributed by atoms with Gasteiger partial charge in [0.1, 0.15) is 6.20 Å². The molecule has 94 valence electrons. The highest BCUT2D eigenvalue weighted by Gasteiger charge is 2.17. The van der Waals surface area contributed by atoms with Crippen LogP contribution in [0.4, 0.5) is 11.5 Å². The third-order valence-electron chi connectivity index (χ3n) is 2.75. The van der Waals surface area contributed by atoms with Gasteiger partial charge < -0.3 is 15.4 Å². The van der Waals surface area contributed by atoms with E-state index in [0.717, 1.165) is 5.56 Å². The van der Waals surface area contributed by atoms with Crippen LogP contribution >= 0.6 is 0 Å². The molecule has 0 aliphatic heterocycles. The Morgan fingerprint density at radius 1 is 1.39 bits per heavy atom. The van der Waals surface area contributed by atoms with Gasteiger partial charge in [-0.2, -0.15) is 0 Å². The Morgan fingerprint density at radius 3 is 2.67 bits per heavy atom. The molecule has 0 saturated heterocycles. The Hall–Kier alpha value is -2.37. The SMILES string of the molecule is Cc1ccc(C(C)Nc2cn[nH]c2[N+](=O)[O-])cc1. The Kier molecular flexibility index (Phi) is 3.27. The minimum atomic E-state index is -0.489. The summed E-state index contributed by atoms with van der Waals surface area (Å²) in [5, 5.41) is 19.8. The molecule has 0 spiro atoms. The smallest absolute Gasteiger partial charge is 0.366 e. The maximum absolute atomic E-state index is 10.7. The number of nitrogens with zero attached hydrogens (tertiary/aromatic N) is 2. The molecule has 0 aliphatic carbocycles. The summed E-state index contributed by atoms with van der Waals surface area (Å²) in [6.45, 7) is 3.96. The highest BCUT2D eigenvalue weighted by atomic mass is 16.6. The van der Waals surface area contributed by atoms with Crippen molar-refractivity contribution in [3.8, 4) is 0 Å². The van der Waals surface area contributed by atoms with Gasteiger partial charge >= 0.3 is 5.82 Å². The molecule has 6 heteroatoms. The van der Waals surface area contributed by atoms with Gasteiger partial charge in [0.15, 0.2) is 5.69 Å². The summed E-state index contributed by atoms with van der Waals surface area (Å²) in [7, 11) is 0. The lowest BCUT2D eigenvalue weighted by Crippen LogP contribution is -2.07. The lowest BCUT2D eigenvalue weighted by molar-refractivity contribution is -0.388. The average Bonchev–Trinajstić information content (AvgIpc) is 2.78. The van der Waals surface area contributed by atoms with Crippen molar-refractivity contribution in [2.24, 2.45) is 0 Å². The van der Waals surface area contributed by atoms with Crippen molar-refractivity contribution in [3.63, 3.8) is 0 Å². The molecule has 0 radical (unpaired) electrons. The van der Waals surface area contributed by atoms with Crippen molar-refractivity contribution in [3.05, 3.63) is 51.7 Å². The van der Waals surface area contributed by atoms with Crippen molar-refractivity contribution in [2.75, 3.05) is 5.32 Å². The second-order valence-corrected chi connectivity index (χ2v) is 4.17. The number of rotatable bonds is 4. The molecule has 2 rings (SSSR count). The summed E-state index contributed by atoms with van der Waals surface area (Å²) in [6, 6.07) is 7.99. The molecule has 1 aromatic carbocycles. The number of aromatic amines is 1. The molecule has 2 aromatic rings. The Balaban J connectivity index is 2.16. The van der Waals surface area contributed by atoms with E-state index in [0.29, 0.717) is 5.69 Å². The summed E-state index contributed by atoms with van der Waals surface area (Å²) < 4.78 is 0. The summed E-state index contributed by atoms with van der Waals surface area (Å²) in [5.41, 5.74) is 2.64. The second-order valence-electron chi connectivity index (χ2n) is 4.17.